The molecule has 0 aromatic heterocycles. The fourth-order valence-electron chi connectivity index (χ4n) is 6.73. The number of hydrogen-bond acceptors (Lipinski definition) is 2. The summed E-state index contributed by atoms with van der Waals surface area (Å²) in [6, 6.07) is 0.423. The Labute approximate surface area is 125 Å². The zero-order valence-corrected chi connectivity index (χ0v) is 12.9. The van der Waals surface area contributed by atoms with Crippen LogP contribution in [0.4, 0.5) is 0 Å². The van der Waals surface area contributed by atoms with Crippen LogP contribution in [0.5, 0.6) is 0 Å². The summed E-state index contributed by atoms with van der Waals surface area (Å²) in [7, 11) is 1.97. The minimum Gasteiger partial charge on any atom is -0.481 e. The topological polar surface area (TPSA) is 57.6 Å². The molecule has 4 nitrogen and oxygen atoms in total. The molecule has 21 heavy (non-hydrogen) atoms. The summed E-state index contributed by atoms with van der Waals surface area (Å²) in [5, 5.41) is 9.42. The van der Waals surface area contributed by atoms with Gasteiger partial charge >= 0.3 is 5.97 Å². The lowest BCUT2D eigenvalue weighted by Crippen LogP contribution is -2.47. The molecule has 1 amide bonds. The van der Waals surface area contributed by atoms with E-state index < -0.39 is 5.97 Å². The van der Waals surface area contributed by atoms with Crippen molar-refractivity contribution in [3.63, 3.8) is 0 Å². The largest absolute Gasteiger partial charge is 0.481 e. The average Bonchev–Trinajstić information content (AvgIpc) is 3.20. The highest BCUT2D eigenvalue weighted by molar-refractivity contribution is 5.76. The van der Waals surface area contributed by atoms with Crippen LogP contribution < -0.4 is 0 Å². The summed E-state index contributed by atoms with van der Waals surface area (Å²) in [4.78, 5) is 25.5. The number of rotatable bonds is 3. The van der Waals surface area contributed by atoms with Crippen LogP contribution in [0.2, 0.25) is 0 Å². The zero-order chi connectivity index (χ0) is 14.9. The molecule has 4 aliphatic rings. The van der Waals surface area contributed by atoms with Crippen molar-refractivity contribution in [2.45, 2.75) is 45.1 Å². The molecule has 8 atom stereocenters. The highest BCUT2D eigenvalue weighted by Crippen LogP contribution is 2.69. The van der Waals surface area contributed by atoms with E-state index in [1.807, 2.05) is 18.9 Å². The molecule has 116 valence electrons. The molecule has 0 aromatic carbocycles. The molecule has 0 radical (unpaired) electrons. The van der Waals surface area contributed by atoms with Crippen LogP contribution in [-0.2, 0) is 9.59 Å². The Morgan fingerprint density at radius 3 is 2.33 bits per heavy atom. The van der Waals surface area contributed by atoms with Crippen LogP contribution >= 0.6 is 0 Å². The summed E-state index contributed by atoms with van der Waals surface area (Å²) in [6.45, 7) is 1.93. The second-order valence-electron chi connectivity index (χ2n) is 7.82. The lowest BCUT2D eigenvalue weighted by Gasteiger charge is -2.43. The minimum absolute atomic E-state index is 0.0796. The summed E-state index contributed by atoms with van der Waals surface area (Å²) >= 11 is 0. The number of carboxylic acids is 1. The van der Waals surface area contributed by atoms with Gasteiger partial charge in [-0.25, -0.2) is 0 Å². The monoisotopic (exact) mass is 291 g/mol. The van der Waals surface area contributed by atoms with Crippen molar-refractivity contribution in [1.29, 1.82) is 0 Å². The number of fused-ring (bicyclic) bond motifs is 9. The number of carbonyl (C=O) groups excluding carboxylic acids is 1. The third kappa shape index (κ3) is 1.68. The van der Waals surface area contributed by atoms with Crippen molar-refractivity contribution >= 4 is 11.9 Å². The third-order valence-electron chi connectivity index (χ3n) is 7.29. The average molecular weight is 291 g/mol. The predicted molar refractivity (Wildman–Crippen MR) is 77.4 cm³/mol. The quantitative estimate of drug-likeness (QED) is 0.811. The molecule has 8 unspecified atom stereocenters. The number of hydrogen-bond donors (Lipinski definition) is 1. The summed E-state index contributed by atoms with van der Waals surface area (Å²) in [6.07, 6.45) is 4.97. The van der Waals surface area contributed by atoms with Gasteiger partial charge in [-0.3, -0.25) is 9.59 Å². The Morgan fingerprint density at radius 2 is 1.67 bits per heavy atom. The molecular formula is C17H25NO3. The standard InChI is InChI=1S/C17H25NO3/c1-3-14(19)18(2)13-7-9-6-12(13)16-8-4-10(15(9)16)11(5-8)17(20)21/h8-13,15-16H,3-7H2,1-2H3,(H,20,21). The Bertz CT molecular complexity index is 490. The molecule has 4 aliphatic carbocycles. The molecule has 0 saturated heterocycles. The van der Waals surface area contributed by atoms with Gasteiger partial charge < -0.3 is 10.0 Å². The Hall–Kier alpha value is -1.06. The van der Waals surface area contributed by atoms with E-state index in [0.717, 1.165) is 19.3 Å². The molecule has 1 N–H and O–H groups in total. The number of amides is 1. The van der Waals surface area contributed by atoms with E-state index in [4.69, 9.17) is 0 Å². The molecule has 4 heteroatoms. The van der Waals surface area contributed by atoms with Crippen LogP contribution in [0, 0.1) is 41.4 Å². The van der Waals surface area contributed by atoms with Crippen molar-refractivity contribution in [1.82, 2.24) is 4.90 Å². The Morgan fingerprint density at radius 1 is 1.05 bits per heavy atom. The van der Waals surface area contributed by atoms with E-state index in [0.29, 0.717) is 48.0 Å². The number of aliphatic carboxylic acids is 1. The van der Waals surface area contributed by atoms with Gasteiger partial charge in [0.25, 0.3) is 0 Å². The second-order valence-corrected chi connectivity index (χ2v) is 7.82. The van der Waals surface area contributed by atoms with Gasteiger partial charge in [-0.15, -0.1) is 0 Å². The van der Waals surface area contributed by atoms with Gasteiger partial charge in [0.2, 0.25) is 5.91 Å². The SMILES string of the molecule is CCC(=O)N(C)C1CC2CC1C1C3CC(C(=O)O)C(C3)C21. The van der Waals surface area contributed by atoms with Gasteiger partial charge in [0.1, 0.15) is 0 Å². The first-order valence-corrected chi connectivity index (χ1v) is 8.51. The number of carboxylic acid groups (broad SMARTS) is 1. The van der Waals surface area contributed by atoms with Crippen molar-refractivity contribution < 1.29 is 14.7 Å². The van der Waals surface area contributed by atoms with Crippen molar-refractivity contribution in [2.75, 3.05) is 7.05 Å². The van der Waals surface area contributed by atoms with Crippen molar-refractivity contribution in [3.8, 4) is 0 Å². The molecule has 4 fully saturated rings. The highest BCUT2D eigenvalue weighted by atomic mass is 16.4. The first kappa shape index (κ1) is 13.6. The van der Waals surface area contributed by atoms with E-state index >= 15 is 0 Å². The lowest BCUT2D eigenvalue weighted by atomic mass is 9.66. The van der Waals surface area contributed by atoms with Gasteiger partial charge in [-0.05, 0) is 61.2 Å². The Kier molecular flexibility index (Phi) is 2.89. The van der Waals surface area contributed by atoms with E-state index in [2.05, 4.69) is 0 Å². The molecule has 0 aliphatic heterocycles. The smallest absolute Gasteiger partial charge is 0.306 e. The van der Waals surface area contributed by atoms with Gasteiger partial charge in [0.05, 0.1) is 5.92 Å². The first-order valence-electron chi connectivity index (χ1n) is 8.51. The maximum absolute atomic E-state index is 12.0. The minimum atomic E-state index is -0.571. The Balaban J connectivity index is 1.55. The van der Waals surface area contributed by atoms with Gasteiger partial charge in [0, 0.05) is 19.5 Å². The van der Waals surface area contributed by atoms with Crippen LogP contribution in [-0.4, -0.2) is 35.0 Å². The predicted octanol–water partition coefficient (Wildman–Crippen LogP) is 2.24. The number of carbonyl (C=O) groups is 2. The van der Waals surface area contributed by atoms with Gasteiger partial charge in [-0.2, -0.15) is 0 Å². The molecule has 0 spiro atoms. The van der Waals surface area contributed by atoms with Crippen LogP contribution in [0.3, 0.4) is 0 Å². The lowest BCUT2D eigenvalue weighted by molar-refractivity contribution is -0.145. The number of nitrogens with zero attached hydrogens (tertiary/aromatic N) is 1. The third-order valence-corrected chi connectivity index (χ3v) is 7.29. The van der Waals surface area contributed by atoms with Crippen LogP contribution in [0.25, 0.3) is 0 Å². The zero-order valence-electron chi connectivity index (χ0n) is 12.9. The van der Waals surface area contributed by atoms with Crippen LogP contribution in [0.1, 0.15) is 39.0 Å². The van der Waals surface area contributed by atoms with E-state index in [1.54, 1.807) is 0 Å². The molecule has 4 bridgehead atoms. The first-order chi connectivity index (χ1) is 10.0. The molecule has 0 heterocycles. The molecule has 0 aromatic rings. The fourth-order valence-corrected chi connectivity index (χ4v) is 6.73. The van der Waals surface area contributed by atoms with E-state index in [9.17, 15) is 14.7 Å². The van der Waals surface area contributed by atoms with Gasteiger partial charge in [0.15, 0.2) is 0 Å². The summed E-state index contributed by atoms with van der Waals surface area (Å²) in [5.41, 5.74) is 0. The maximum atomic E-state index is 12.0. The molecule has 4 rings (SSSR count). The summed E-state index contributed by atoms with van der Waals surface area (Å²) in [5.74, 6) is 3.33. The maximum Gasteiger partial charge on any atom is 0.306 e. The second kappa shape index (κ2) is 4.47. The molecular weight excluding hydrogens is 266 g/mol. The fraction of sp³-hybridized carbons (Fsp3) is 0.882. The summed E-state index contributed by atoms with van der Waals surface area (Å²) < 4.78 is 0. The normalized spacial score (nSPS) is 49.4. The van der Waals surface area contributed by atoms with Crippen molar-refractivity contribution in [2.24, 2.45) is 41.4 Å². The van der Waals surface area contributed by atoms with E-state index in [-0.39, 0.29) is 11.8 Å². The molecule has 4 saturated carbocycles. The van der Waals surface area contributed by atoms with E-state index in [1.165, 1.54) is 6.42 Å². The van der Waals surface area contributed by atoms with Gasteiger partial charge in [-0.1, -0.05) is 6.92 Å². The van der Waals surface area contributed by atoms with Crippen LogP contribution in [0.15, 0.2) is 0 Å². The highest BCUT2D eigenvalue weighted by Gasteiger charge is 2.66. The van der Waals surface area contributed by atoms with Crippen molar-refractivity contribution in [3.05, 3.63) is 0 Å².